The topological polar surface area (TPSA) is 58.9 Å². The van der Waals surface area contributed by atoms with Gasteiger partial charge in [-0.1, -0.05) is 6.07 Å². The van der Waals surface area contributed by atoms with Crippen molar-refractivity contribution >= 4 is 10.8 Å². The van der Waals surface area contributed by atoms with Gasteiger partial charge in [0.1, 0.15) is 5.82 Å². The van der Waals surface area contributed by atoms with Crippen LogP contribution in [0.15, 0.2) is 29.1 Å². The highest BCUT2D eigenvalue weighted by atomic mass is 19.1. The van der Waals surface area contributed by atoms with Gasteiger partial charge < -0.3 is 10.7 Å². The van der Waals surface area contributed by atoms with Crippen molar-refractivity contribution in [1.29, 1.82) is 0 Å². The van der Waals surface area contributed by atoms with Crippen LogP contribution in [0.3, 0.4) is 0 Å². The number of benzene rings is 1. The van der Waals surface area contributed by atoms with Crippen LogP contribution in [0.2, 0.25) is 0 Å². The maximum Gasteiger partial charge on any atom is 0.256 e. The summed E-state index contributed by atoms with van der Waals surface area (Å²) in [4.78, 5) is 14.2. The zero-order valence-corrected chi connectivity index (χ0v) is 8.09. The molecule has 0 amide bonds. The Bertz CT molecular complexity index is 548. The van der Waals surface area contributed by atoms with Gasteiger partial charge in [-0.2, -0.15) is 0 Å². The molecule has 0 aliphatic rings. The smallest absolute Gasteiger partial charge is 0.256 e. The summed E-state index contributed by atoms with van der Waals surface area (Å²) in [5.74, 6) is -0.378. The van der Waals surface area contributed by atoms with Gasteiger partial charge in [0.15, 0.2) is 0 Å². The number of hydrogen-bond acceptors (Lipinski definition) is 2. The first-order chi connectivity index (χ1) is 7.22. The van der Waals surface area contributed by atoms with Crippen LogP contribution in [-0.4, -0.2) is 11.5 Å². The molecule has 3 N–H and O–H groups in total. The molecule has 0 bridgehead atoms. The molecule has 1 heterocycles. The molecule has 4 heteroatoms. The van der Waals surface area contributed by atoms with Crippen molar-refractivity contribution < 1.29 is 4.39 Å². The number of aromatic amines is 1. The van der Waals surface area contributed by atoms with E-state index in [1.807, 2.05) is 0 Å². The predicted molar refractivity (Wildman–Crippen MR) is 57.3 cm³/mol. The summed E-state index contributed by atoms with van der Waals surface area (Å²) in [6, 6.07) is 6.10. The molecule has 1 aromatic carbocycles. The van der Waals surface area contributed by atoms with Gasteiger partial charge in [-0.25, -0.2) is 4.39 Å². The first kappa shape index (κ1) is 9.86. The third-order valence-corrected chi connectivity index (χ3v) is 2.30. The maximum absolute atomic E-state index is 13.4. The molecule has 0 aliphatic carbocycles. The lowest BCUT2D eigenvalue weighted by Gasteiger charge is -2.02. The normalized spacial score (nSPS) is 10.8. The van der Waals surface area contributed by atoms with Crippen LogP contribution in [0.5, 0.6) is 0 Å². The molecule has 0 spiro atoms. The third-order valence-electron chi connectivity index (χ3n) is 2.30. The maximum atomic E-state index is 13.4. The first-order valence-electron chi connectivity index (χ1n) is 4.73. The van der Waals surface area contributed by atoms with E-state index < -0.39 is 0 Å². The van der Waals surface area contributed by atoms with Gasteiger partial charge in [0.05, 0.1) is 0 Å². The van der Waals surface area contributed by atoms with Crippen molar-refractivity contribution in [2.45, 2.75) is 6.42 Å². The van der Waals surface area contributed by atoms with Gasteiger partial charge in [0, 0.05) is 16.5 Å². The minimum absolute atomic E-state index is 0.268. The molecule has 0 aliphatic heterocycles. The number of rotatable bonds is 2. The molecule has 0 atom stereocenters. The van der Waals surface area contributed by atoms with E-state index in [0.717, 1.165) is 0 Å². The van der Waals surface area contributed by atoms with E-state index in [1.165, 1.54) is 12.1 Å². The second-order valence-corrected chi connectivity index (χ2v) is 3.36. The van der Waals surface area contributed by atoms with Gasteiger partial charge in [0.25, 0.3) is 5.56 Å². The van der Waals surface area contributed by atoms with Crippen LogP contribution in [0.4, 0.5) is 4.39 Å². The van der Waals surface area contributed by atoms with E-state index in [2.05, 4.69) is 4.98 Å². The van der Waals surface area contributed by atoms with Crippen LogP contribution in [0.1, 0.15) is 5.69 Å². The van der Waals surface area contributed by atoms with Gasteiger partial charge in [-0.05, 0) is 31.2 Å². The first-order valence-corrected chi connectivity index (χ1v) is 4.73. The van der Waals surface area contributed by atoms with Gasteiger partial charge in [-0.15, -0.1) is 0 Å². The Morgan fingerprint density at radius 3 is 2.87 bits per heavy atom. The molecule has 2 aromatic rings. The fourth-order valence-corrected chi connectivity index (χ4v) is 1.60. The number of H-pyrrole nitrogens is 1. The Morgan fingerprint density at radius 1 is 1.33 bits per heavy atom. The summed E-state index contributed by atoms with van der Waals surface area (Å²) >= 11 is 0. The van der Waals surface area contributed by atoms with Crippen LogP contribution in [0.25, 0.3) is 10.8 Å². The number of halogens is 1. The molecule has 0 unspecified atom stereocenters. The van der Waals surface area contributed by atoms with Crippen molar-refractivity contribution in [3.8, 4) is 0 Å². The summed E-state index contributed by atoms with van der Waals surface area (Å²) in [6.45, 7) is 0.426. The summed E-state index contributed by atoms with van der Waals surface area (Å²) in [5.41, 5.74) is 5.78. The summed E-state index contributed by atoms with van der Waals surface area (Å²) < 4.78 is 13.4. The highest BCUT2D eigenvalue weighted by Crippen LogP contribution is 2.14. The second-order valence-electron chi connectivity index (χ2n) is 3.36. The van der Waals surface area contributed by atoms with Crippen molar-refractivity contribution in [2.75, 3.05) is 6.54 Å². The molecule has 0 fully saturated rings. The number of nitrogens with two attached hydrogens (primary N) is 1. The summed E-state index contributed by atoms with van der Waals surface area (Å²) in [7, 11) is 0. The van der Waals surface area contributed by atoms with E-state index in [9.17, 15) is 9.18 Å². The average molecular weight is 206 g/mol. The zero-order chi connectivity index (χ0) is 10.8. The molecule has 0 radical (unpaired) electrons. The van der Waals surface area contributed by atoms with Crippen LogP contribution in [-0.2, 0) is 6.42 Å². The number of hydrogen-bond donors (Lipinski definition) is 2. The molecule has 3 nitrogen and oxygen atoms in total. The highest BCUT2D eigenvalue weighted by Gasteiger charge is 2.05. The highest BCUT2D eigenvalue weighted by molar-refractivity contribution is 5.82. The molecule has 0 saturated heterocycles. The Labute approximate surface area is 85.7 Å². The van der Waals surface area contributed by atoms with Crippen LogP contribution < -0.4 is 11.3 Å². The van der Waals surface area contributed by atoms with Crippen LogP contribution in [0, 0.1) is 5.82 Å². The van der Waals surface area contributed by atoms with E-state index in [1.54, 1.807) is 12.1 Å². The molecular formula is C11H11FN2O. The standard InChI is InChI=1S/C11H11FN2O/c12-10-3-1-2-8-9(10)6-7(4-5-13)14-11(8)15/h1-3,6H,4-5,13H2,(H,14,15). The molecular weight excluding hydrogens is 195 g/mol. The number of fused-ring (bicyclic) bond motifs is 1. The van der Waals surface area contributed by atoms with E-state index in [-0.39, 0.29) is 11.4 Å². The Morgan fingerprint density at radius 2 is 2.13 bits per heavy atom. The number of aromatic nitrogens is 1. The van der Waals surface area contributed by atoms with Gasteiger partial charge in [-0.3, -0.25) is 4.79 Å². The largest absolute Gasteiger partial charge is 0.330 e. The zero-order valence-electron chi connectivity index (χ0n) is 8.09. The van der Waals surface area contributed by atoms with Gasteiger partial charge in [0.2, 0.25) is 0 Å². The van der Waals surface area contributed by atoms with Crippen LogP contribution >= 0.6 is 0 Å². The van der Waals surface area contributed by atoms with Crippen molar-refractivity contribution in [3.63, 3.8) is 0 Å². The molecule has 78 valence electrons. The lowest BCUT2D eigenvalue weighted by Crippen LogP contribution is -2.13. The van der Waals surface area contributed by atoms with Gasteiger partial charge >= 0.3 is 0 Å². The Kier molecular flexibility index (Phi) is 2.51. The molecule has 2 rings (SSSR count). The predicted octanol–water partition coefficient (Wildman–Crippen LogP) is 1.17. The van der Waals surface area contributed by atoms with Crippen molar-refractivity contribution in [2.24, 2.45) is 5.73 Å². The summed E-state index contributed by atoms with van der Waals surface area (Å²) in [6.07, 6.45) is 0.541. The molecule has 15 heavy (non-hydrogen) atoms. The third kappa shape index (κ3) is 1.76. The minimum atomic E-state index is -0.378. The fourth-order valence-electron chi connectivity index (χ4n) is 1.60. The number of nitrogens with one attached hydrogen (secondary N) is 1. The monoisotopic (exact) mass is 206 g/mol. The van der Waals surface area contributed by atoms with E-state index in [0.29, 0.717) is 29.4 Å². The number of pyridine rings is 1. The fraction of sp³-hybridized carbons (Fsp3) is 0.182. The lowest BCUT2D eigenvalue weighted by molar-refractivity contribution is 0.639. The summed E-state index contributed by atoms with van der Waals surface area (Å²) in [5, 5.41) is 0.723. The quantitative estimate of drug-likeness (QED) is 0.774. The minimum Gasteiger partial charge on any atom is -0.330 e. The van der Waals surface area contributed by atoms with Crippen molar-refractivity contribution in [3.05, 3.63) is 46.1 Å². The Hall–Kier alpha value is -1.68. The molecule has 1 aromatic heterocycles. The van der Waals surface area contributed by atoms with E-state index in [4.69, 9.17) is 5.73 Å². The average Bonchev–Trinajstić information content (AvgIpc) is 2.20. The SMILES string of the molecule is NCCc1cc2c(F)cccc2c(=O)[nH]1. The lowest BCUT2D eigenvalue weighted by atomic mass is 10.1. The van der Waals surface area contributed by atoms with Crippen molar-refractivity contribution in [1.82, 2.24) is 4.98 Å². The van der Waals surface area contributed by atoms with E-state index >= 15 is 0 Å². The Balaban J connectivity index is 2.74. The second kappa shape index (κ2) is 3.82. The molecule has 0 saturated carbocycles.